The van der Waals surface area contributed by atoms with E-state index < -0.39 is 0 Å². The Morgan fingerprint density at radius 2 is 2.19 bits per heavy atom. The van der Waals surface area contributed by atoms with E-state index in [1.165, 1.54) is 18.5 Å². The molecule has 1 aliphatic carbocycles. The predicted molar refractivity (Wildman–Crippen MR) is 65.4 cm³/mol. The maximum atomic E-state index is 6.12. The van der Waals surface area contributed by atoms with Gasteiger partial charge in [-0.3, -0.25) is 0 Å². The third-order valence-corrected chi connectivity index (χ3v) is 3.19. The average Bonchev–Trinajstić information content (AvgIpc) is 3.01. The molecule has 0 atom stereocenters. The second-order valence-electron chi connectivity index (χ2n) is 4.20. The second-order valence-corrected chi connectivity index (χ2v) is 4.61. The van der Waals surface area contributed by atoms with Gasteiger partial charge in [0.2, 0.25) is 0 Å². The number of nitrogens with one attached hydrogen (secondary N) is 1. The van der Waals surface area contributed by atoms with E-state index in [2.05, 4.69) is 9.97 Å². The number of aromatic nitrogens is 2. The molecule has 3 nitrogen and oxygen atoms in total. The summed E-state index contributed by atoms with van der Waals surface area (Å²) in [7, 11) is 0. The van der Waals surface area contributed by atoms with E-state index in [-0.39, 0.29) is 0 Å². The molecule has 0 saturated heterocycles. The van der Waals surface area contributed by atoms with Crippen LogP contribution in [0.5, 0.6) is 0 Å². The Bertz CT molecular complexity index is 529. The summed E-state index contributed by atoms with van der Waals surface area (Å²) in [5.41, 5.74) is 8.51. The van der Waals surface area contributed by atoms with Crippen LogP contribution in [-0.2, 0) is 0 Å². The van der Waals surface area contributed by atoms with Crippen molar-refractivity contribution in [2.75, 3.05) is 5.73 Å². The Labute approximate surface area is 98.6 Å². The van der Waals surface area contributed by atoms with Gasteiger partial charge in [0.05, 0.1) is 5.02 Å². The maximum absolute atomic E-state index is 6.12. The SMILES string of the molecule is Nc1ccc(Cl)c(-c2ncc(C3CC3)[nH]2)c1. The van der Waals surface area contributed by atoms with Crippen LogP contribution in [0.15, 0.2) is 24.4 Å². The summed E-state index contributed by atoms with van der Waals surface area (Å²) in [6.45, 7) is 0. The number of nitrogen functional groups attached to an aromatic ring is 1. The standard InChI is InChI=1S/C12H12ClN3/c13-10-4-3-8(14)5-9(10)12-15-6-11(16-12)7-1-2-7/h3-7H,1-2,14H2,(H,15,16). The zero-order valence-corrected chi connectivity index (χ0v) is 9.46. The van der Waals surface area contributed by atoms with Gasteiger partial charge in [-0.25, -0.2) is 4.98 Å². The first-order chi connectivity index (χ1) is 7.74. The number of H-pyrrole nitrogens is 1. The minimum absolute atomic E-state index is 0.668. The minimum Gasteiger partial charge on any atom is -0.399 e. The van der Waals surface area contributed by atoms with Crippen LogP contribution >= 0.6 is 11.6 Å². The fourth-order valence-electron chi connectivity index (χ4n) is 1.80. The molecule has 82 valence electrons. The number of halogens is 1. The third-order valence-electron chi connectivity index (χ3n) is 2.86. The van der Waals surface area contributed by atoms with Gasteiger partial charge >= 0.3 is 0 Å². The molecule has 16 heavy (non-hydrogen) atoms. The molecule has 0 aliphatic heterocycles. The first-order valence-corrected chi connectivity index (χ1v) is 5.72. The smallest absolute Gasteiger partial charge is 0.139 e. The number of nitrogens with two attached hydrogens (primary N) is 1. The van der Waals surface area contributed by atoms with Crippen molar-refractivity contribution in [3.63, 3.8) is 0 Å². The van der Waals surface area contributed by atoms with Crippen LogP contribution in [0.4, 0.5) is 5.69 Å². The van der Waals surface area contributed by atoms with Gasteiger partial charge in [-0.1, -0.05) is 11.6 Å². The monoisotopic (exact) mass is 233 g/mol. The van der Waals surface area contributed by atoms with Crippen LogP contribution in [0.2, 0.25) is 5.02 Å². The largest absolute Gasteiger partial charge is 0.399 e. The van der Waals surface area contributed by atoms with Crippen molar-refractivity contribution in [2.45, 2.75) is 18.8 Å². The number of anilines is 1. The Morgan fingerprint density at radius 3 is 2.94 bits per heavy atom. The van der Waals surface area contributed by atoms with E-state index in [1.807, 2.05) is 12.3 Å². The Hall–Kier alpha value is -1.48. The number of aromatic amines is 1. The van der Waals surface area contributed by atoms with Gasteiger partial charge in [-0.2, -0.15) is 0 Å². The molecule has 0 radical (unpaired) electrons. The van der Waals surface area contributed by atoms with Crippen molar-refractivity contribution >= 4 is 17.3 Å². The summed E-state index contributed by atoms with van der Waals surface area (Å²) < 4.78 is 0. The molecule has 1 aromatic carbocycles. The van der Waals surface area contributed by atoms with Gasteiger partial charge in [0.25, 0.3) is 0 Å². The van der Waals surface area contributed by atoms with Crippen molar-refractivity contribution in [1.82, 2.24) is 9.97 Å². The fourth-order valence-corrected chi connectivity index (χ4v) is 2.01. The van der Waals surface area contributed by atoms with Crippen LogP contribution in [0.1, 0.15) is 24.5 Å². The summed E-state index contributed by atoms with van der Waals surface area (Å²) in [5.74, 6) is 1.47. The maximum Gasteiger partial charge on any atom is 0.139 e. The third kappa shape index (κ3) is 1.67. The van der Waals surface area contributed by atoms with Crippen molar-refractivity contribution in [1.29, 1.82) is 0 Å². The molecule has 1 aliphatic rings. The molecule has 0 spiro atoms. The highest BCUT2D eigenvalue weighted by Crippen LogP contribution is 2.40. The molecule has 2 aromatic rings. The Morgan fingerprint density at radius 1 is 1.38 bits per heavy atom. The number of imidazole rings is 1. The number of hydrogen-bond acceptors (Lipinski definition) is 2. The lowest BCUT2D eigenvalue weighted by Crippen LogP contribution is -1.88. The van der Waals surface area contributed by atoms with Crippen LogP contribution in [0.25, 0.3) is 11.4 Å². The summed E-state index contributed by atoms with van der Waals surface area (Å²) in [4.78, 5) is 7.66. The zero-order chi connectivity index (χ0) is 11.1. The van der Waals surface area contributed by atoms with E-state index in [9.17, 15) is 0 Å². The molecule has 1 aromatic heterocycles. The highest BCUT2D eigenvalue weighted by molar-refractivity contribution is 6.33. The van der Waals surface area contributed by atoms with Crippen molar-refractivity contribution in [3.8, 4) is 11.4 Å². The van der Waals surface area contributed by atoms with Gasteiger partial charge in [-0.15, -0.1) is 0 Å². The Kier molecular flexibility index (Phi) is 2.14. The molecule has 0 unspecified atom stereocenters. The van der Waals surface area contributed by atoms with Crippen molar-refractivity contribution in [3.05, 3.63) is 35.1 Å². The quantitative estimate of drug-likeness (QED) is 0.783. The van der Waals surface area contributed by atoms with Gasteiger partial charge in [0.15, 0.2) is 0 Å². The molecule has 0 bridgehead atoms. The lowest BCUT2D eigenvalue weighted by atomic mass is 10.2. The van der Waals surface area contributed by atoms with Crippen LogP contribution in [-0.4, -0.2) is 9.97 Å². The molecule has 3 N–H and O–H groups in total. The Balaban J connectivity index is 2.03. The van der Waals surface area contributed by atoms with E-state index in [1.54, 1.807) is 12.1 Å². The normalized spacial score (nSPS) is 15.3. The van der Waals surface area contributed by atoms with Crippen molar-refractivity contribution < 1.29 is 0 Å². The lowest BCUT2D eigenvalue weighted by molar-refractivity contribution is 1.05. The molecular weight excluding hydrogens is 222 g/mol. The number of nitrogens with zero attached hydrogens (tertiary/aromatic N) is 1. The predicted octanol–water partition coefficient (Wildman–Crippen LogP) is 3.19. The van der Waals surface area contributed by atoms with Crippen LogP contribution in [0.3, 0.4) is 0 Å². The van der Waals surface area contributed by atoms with Crippen molar-refractivity contribution in [2.24, 2.45) is 0 Å². The first-order valence-electron chi connectivity index (χ1n) is 5.34. The highest BCUT2D eigenvalue weighted by atomic mass is 35.5. The van der Waals surface area contributed by atoms with Crippen LogP contribution < -0.4 is 5.73 Å². The van der Waals surface area contributed by atoms with E-state index >= 15 is 0 Å². The topological polar surface area (TPSA) is 54.7 Å². The second kappa shape index (κ2) is 3.52. The summed E-state index contributed by atoms with van der Waals surface area (Å²) in [6, 6.07) is 5.43. The van der Waals surface area contributed by atoms with E-state index in [0.29, 0.717) is 16.6 Å². The molecular formula is C12H12ClN3. The first kappa shape index (κ1) is 9.73. The molecule has 0 amide bonds. The molecule has 4 heteroatoms. The average molecular weight is 234 g/mol. The van der Waals surface area contributed by atoms with E-state index in [0.717, 1.165) is 11.4 Å². The molecule has 1 heterocycles. The molecule has 1 fully saturated rings. The van der Waals surface area contributed by atoms with Gasteiger partial charge < -0.3 is 10.7 Å². The lowest BCUT2D eigenvalue weighted by Gasteiger charge is -2.02. The van der Waals surface area contributed by atoms with Gasteiger partial charge in [-0.05, 0) is 31.0 Å². The fraction of sp³-hybridized carbons (Fsp3) is 0.250. The summed E-state index contributed by atoms with van der Waals surface area (Å²) in [5, 5.41) is 0.672. The number of hydrogen-bond donors (Lipinski definition) is 2. The van der Waals surface area contributed by atoms with Gasteiger partial charge in [0.1, 0.15) is 5.82 Å². The molecule has 1 saturated carbocycles. The van der Waals surface area contributed by atoms with E-state index in [4.69, 9.17) is 17.3 Å². The zero-order valence-electron chi connectivity index (χ0n) is 8.70. The number of benzene rings is 1. The highest BCUT2D eigenvalue weighted by Gasteiger charge is 2.25. The summed E-state index contributed by atoms with van der Waals surface area (Å²) in [6.07, 6.45) is 4.41. The molecule has 3 rings (SSSR count). The summed E-state index contributed by atoms with van der Waals surface area (Å²) >= 11 is 6.12. The van der Waals surface area contributed by atoms with Crippen LogP contribution in [0, 0.1) is 0 Å². The minimum atomic E-state index is 0.668. The van der Waals surface area contributed by atoms with Gasteiger partial charge in [0, 0.05) is 29.1 Å². The number of rotatable bonds is 2.